The van der Waals surface area contributed by atoms with Crippen molar-refractivity contribution in [3.63, 3.8) is 0 Å². The zero-order chi connectivity index (χ0) is 21.8. The van der Waals surface area contributed by atoms with E-state index >= 15 is 0 Å². The molecule has 1 aliphatic rings. The van der Waals surface area contributed by atoms with E-state index in [1.54, 1.807) is 0 Å². The van der Waals surface area contributed by atoms with Crippen molar-refractivity contribution in [1.29, 1.82) is 0 Å². The summed E-state index contributed by atoms with van der Waals surface area (Å²) >= 11 is 0. The van der Waals surface area contributed by atoms with Gasteiger partial charge in [-0.05, 0) is 67.6 Å². The van der Waals surface area contributed by atoms with Crippen LogP contribution in [0.4, 0.5) is 0 Å². The molecule has 1 heteroatoms. The first-order valence-corrected chi connectivity index (χ1v) is 12.7. The van der Waals surface area contributed by atoms with Crippen LogP contribution < -0.4 is 15.9 Å². The molecule has 0 saturated heterocycles. The lowest BCUT2D eigenvalue weighted by atomic mass is 9.87. The van der Waals surface area contributed by atoms with Crippen molar-refractivity contribution in [3.05, 3.63) is 127 Å². The summed E-state index contributed by atoms with van der Waals surface area (Å²) in [6, 6.07) is 47.1. The SMILES string of the molecule is c1ccc(P2c3ccccc3-c3ccc4ccccc4c3-c3c2ccc2ccccc32)cc1. The summed E-state index contributed by atoms with van der Waals surface area (Å²) in [5.41, 5.74) is 5.45. The standard InChI is InChI=1S/C32H21P/c1-2-12-24(13-3-1)33-29-17-9-8-16-27(29)28-20-18-22-10-4-6-14-25(22)31(28)32-26-15-7-5-11-23(26)19-21-30(32)33/h1-21H. The molecule has 0 radical (unpaired) electrons. The summed E-state index contributed by atoms with van der Waals surface area (Å²) < 4.78 is 0. The molecule has 0 spiro atoms. The summed E-state index contributed by atoms with van der Waals surface area (Å²) in [5.74, 6) is 0. The fraction of sp³-hybridized carbons (Fsp3) is 0. The minimum Gasteiger partial charge on any atom is -0.0622 e. The molecule has 1 heterocycles. The Kier molecular flexibility index (Phi) is 4.22. The second-order valence-electron chi connectivity index (χ2n) is 8.58. The van der Waals surface area contributed by atoms with Crippen molar-refractivity contribution in [1.82, 2.24) is 0 Å². The first-order chi connectivity index (χ1) is 16.4. The van der Waals surface area contributed by atoms with Crippen LogP contribution >= 0.6 is 7.92 Å². The Morgan fingerprint density at radius 3 is 1.76 bits per heavy atom. The van der Waals surface area contributed by atoms with Crippen molar-refractivity contribution in [3.8, 4) is 22.3 Å². The zero-order valence-electron chi connectivity index (χ0n) is 18.1. The van der Waals surface area contributed by atoms with E-state index in [4.69, 9.17) is 0 Å². The van der Waals surface area contributed by atoms with Gasteiger partial charge >= 0.3 is 0 Å². The average molecular weight is 436 g/mol. The van der Waals surface area contributed by atoms with Gasteiger partial charge in [0.15, 0.2) is 0 Å². The van der Waals surface area contributed by atoms with Crippen molar-refractivity contribution in [2.45, 2.75) is 0 Å². The molecule has 1 atom stereocenters. The number of hydrogen-bond acceptors (Lipinski definition) is 0. The largest absolute Gasteiger partial charge is 0.0622 e. The molecular weight excluding hydrogens is 415 g/mol. The average Bonchev–Trinajstić information content (AvgIpc) is 3.02. The van der Waals surface area contributed by atoms with Crippen LogP contribution in [0.15, 0.2) is 127 Å². The molecule has 0 amide bonds. The third-order valence-corrected chi connectivity index (χ3v) is 9.32. The molecule has 6 aromatic carbocycles. The second-order valence-corrected chi connectivity index (χ2v) is 10.7. The Morgan fingerprint density at radius 2 is 0.970 bits per heavy atom. The van der Waals surface area contributed by atoms with Gasteiger partial charge < -0.3 is 0 Å². The second kappa shape index (κ2) is 7.41. The number of benzene rings is 6. The molecule has 0 aromatic heterocycles. The smallest absolute Gasteiger partial charge is 0.000924 e. The predicted octanol–water partition coefficient (Wildman–Crippen LogP) is 7.40. The van der Waals surface area contributed by atoms with E-state index in [1.807, 2.05) is 0 Å². The zero-order valence-corrected chi connectivity index (χ0v) is 19.0. The molecule has 0 saturated carbocycles. The minimum atomic E-state index is -0.700. The summed E-state index contributed by atoms with van der Waals surface area (Å²) in [7, 11) is -0.700. The van der Waals surface area contributed by atoms with E-state index < -0.39 is 7.92 Å². The number of rotatable bonds is 1. The first kappa shape index (κ1) is 18.8. The maximum atomic E-state index is 2.39. The monoisotopic (exact) mass is 436 g/mol. The van der Waals surface area contributed by atoms with Crippen molar-refractivity contribution >= 4 is 45.4 Å². The molecule has 1 aliphatic heterocycles. The highest BCUT2D eigenvalue weighted by atomic mass is 31.1. The Labute approximate surface area is 194 Å². The fourth-order valence-corrected chi connectivity index (χ4v) is 7.99. The van der Waals surface area contributed by atoms with Crippen molar-refractivity contribution < 1.29 is 0 Å². The highest BCUT2D eigenvalue weighted by molar-refractivity contribution is 7.80. The number of fused-ring (bicyclic) bond motifs is 9. The molecule has 7 rings (SSSR count). The quantitative estimate of drug-likeness (QED) is 0.235. The lowest BCUT2D eigenvalue weighted by Crippen LogP contribution is -2.22. The molecule has 0 bridgehead atoms. The molecule has 33 heavy (non-hydrogen) atoms. The Morgan fingerprint density at radius 1 is 0.364 bits per heavy atom. The van der Waals surface area contributed by atoms with E-state index in [0.717, 1.165) is 0 Å². The molecule has 6 aromatic rings. The molecule has 0 N–H and O–H groups in total. The maximum Gasteiger partial charge on any atom is -0.000924 e. The topological polar surface area (TPSA) is 0 Å². The van der Waals surface area contributed by atoms with E-state index in [-0.39, 0.29) is 0 Å². The van der Waals surface area contributed by atoms with Crippen LogP contribution in [0.1, 0.15) is 0 Å². The normalized spacial score (nSPS) is 14.4. The van der Waals surface area contributed by atoms with Gasteiger partial charge in [-0.3, -0.25) is 0 Å². The molecule has 0 nitrogen and oxygen atoms in total. The van der Waals surface area contributed by atoms with Gasteiger partial charge in [0.2, 0.25) is 0 Å². The van der Waals surface area contributed by atoms with Gasteiger partial charge in [0, 0.05) is 0 Å². The van der Waals surface area contributed by atoms with Gasteiger partial charge in [-0.25, -0.2) is 0 Å². The van der Waals surface area contributed by atoms with Crippen molar-refractivity contribution in [2.24, 2.45) is 0 Å². The summed E-state index contributed by atoms with van der Waals surface area (Å²) in [4.78, 5) is 0. The summed E-state index contributed by atoms with van der Waals surface area (Å²) in [5, 5.41) is 9.52. The van der Waals surface area contributed by atoms with E-state index in [1.165, 1.54) is 59.7 Å². The lowest BCUT2D eigenvalue weighted by molar-refractivity contribution is 1.67. The van der Waals surface area contributed by atoms with Gasteiger partial charge in [0.1, 0.15) is 0 Å². The summed E-state index contributed by atoms with van der Waals surface area (Å²) in [6.07, 6.45) is 0. The minimum absolute atomic E-state index is 0.700. The van der Waals surface area contributed by atoms with Gasteiger partial charge in [0.05, 0.1) is 0 Å². The Hall–Kier alpha value is -3.73. The summed E-state index contributed by atoms with van der Waals surface area (Å²) in [6.45, 7) is 0. The van der Waals surface area contributed by atoms with E-state index in [9.17, 15) is 0 Å². The van der Waals surface area contributed by atoms with E-state index in [0.29, 0.717) is 0 Å². The highest BCUT2D eigenvalue weighted by Crippen LogP contribution is 2.49. The van der Waals surface area contributed by atoms with E-state index in [2.05, 4.69) is 127 Å². The van der Waals surface area contributed by atoms with Gasteiger partial charge in [-0.2, -0.15) is 0 Å². The van der Waals surface area contributed by atoms with Gasteiger partial charge in [-0.1, -0.05) is 127 Å². The molecule has 0 aliphatic carbocycles. The molecule has 1 unspecified atom stereocenters. The Bertz CT molecular complexity index is 1660. The first-order valence-electron chi connectivity index (χ1n) is 11.4. The van der Waals surface area contributed by atoms with Crippen LogP contribution in [0.2, 0.25) is 0 Å². The van der Waals surface area contributed by atoms with Crippen molar-refractivity contribution in [2.75, 3.05) is 0 Å². The maximum absolute atomic E-state index is 2.39. The van der Waals surface area contributed by atoms with Crippen LogP contribution in [0.3, 0.4) is 0 Å². The van der Waals surface area contributed by atoms with Gasteiger partial charge in [0.25, 0.3) is 0 Å². The predicted molar refractivity (Wildman–Crippen MR) is 145 cm³/mol. The van der Waals surface area contributed by atoms with Crippen LogP contribution in [0.5, 0.6) is 0 Å². The van der Waals surface area contributed by atoms with Gasteiger partial charge in [-0.15, -0.1) is 0 Å². The third-order valence-electron chi connectivity index (χ3n) is 6.78. The number of hydrogen-bond donors (Lipinski definition) is 0. The van der Waals surface area contributed by atoms with Crippen LogP contribution in [0, 0.1) is 0 Å². The lowest BCUT2D eigenvalue weighted by Gasteiger charge is -2.22. The third kappa shape index (κ3) is 2.81. The highest BCUT2D eigenvalue weighted by Gasteiger charge is 2.30. The molecular formula is C32H21P. The Balaban J connectivity index is 1.74. The van der Waals surface area contributed by atoms with Crippen LogP contribution in [-0.2, 0) is 0 Å². The van der Waals surface area contributed by atoms with Crippen LogP contribution in [-0.4, -0.2) is 0 Å². The van der Waals surface area contributed by atoms with Crippen LogP contribution in [0.25, 0.3) is 43.8 Å². The fourth-order valence-electron chi connectivity index (χ4n) is 5.36. The molecule has 0 fully saturated rings. The molecule has 154 valence electrons.